The van der Waals surface area contributed by atoms with Crippen molar-refractivity contribution < 1.29 is 28.7 Å². The van der Waals surface area contributed by atoms with Crippen molar-refractivity contribution >= 4 is 35.0 Å². The van der Waals surface area contributed by atoms with Crippen LogP contribution in [0.1, 0.15) is 106 Å². The molecule has 6 atom stereocenters. The fourth-order valence-electron chi connectivity index (χ4n) is 8.32. The maximum Gasteiger partial charge on any atom is 0.407 e. The van der Waals surface area contributed by atoms with E-state index in [1.54, 1.807) is 0 Å². The standard InChI is InChI=1S/C41H52N8O6/c1-22(2)34(46-40(52)54-5)38(50)48-17-7-9-32(48)36-42-21-31(45-36)25-13-11-24(12-14-25)27-20-28(27)26-15-16-29-30(19-26)44-37(43-29)33-10-8-18-49(33)39(51)35(23(3)4)47-41(53)55-6/h11-16,19,21-23,27-28,32-35H,7-10,17-18,20H2,1-6H3,(H,42,45)(H,43,44)(H,46,52)(H,47,53)/t27-,28+,32+,33+,34+,35+/m1/s1. The summed E-state index contributed by atoms with van der Waals surface area (Å²) in [5, 5.41) is 5.42. The summed E-state index contributed by atoms with van der Waals surface area (Å²) < 4.78 is 9.53. The molecule has 1 saturated carbocycles. The van der Waals surface area contributed by atoms with Gasteiger partial charge in [-0.1, -0.05) is 58.0 Å². The van der Waals surface area contributed by atoms with Crippen LogP contribution in [0.5, 0.6) is 0 Å². The van der Waals surface area contributed by atoms with E-state index in [-0.39, 0.29) is 35.7 Å². The van der Waals surface area contributed by atoms with Crippen LogP contribution in [0.2, 0.25) is 0 Å². The van der Waals surface area contributed by atoms with Crippen LogP contribution in [0.4, 0.5) is 9.59 Å². The largest absolute Gasteiger partial charge is 0.453 e. The molecule has 3 fully saturated rings. The maximum absolute atomic E-state index is 13.6. The predicted molar refractivity (Wildman–Crippen MR) is 206 cm³/mol. The van der Waals surface area contributed by atoms with Gasteiger partial charge in [0.1, 0.15) is 23.7 Å². The summed E-state index contributed by atoms with van der Waals surface area (Å²) in [6.45, 7) is 8.85. The number of H-pyrrole nitrogens is 2. The van der Waals surface area contributed by atoms with Crippen LogP contribution in [-0.2, 0) is 19.1 Å². The lowest BCUT2D eigenvalue weighted by molar-refractivity contribution is -0.136. The van der Waals surface area contributed by atoms with Crippen LogP contribution in [0.3, 0.4) is 0 Å². The highest BCUT2D eigenvalue weighted by molar-refractivity contribution is 5.87. The monoisotopic (exact) mass is 752 g/mol. The molecule has 292 valence electrons. The second-order valence-corrected chi connectivity index (χ2v) is 15.7. The molecule has 14 nitrogen and oxygen atoms in total. The topological polar surface area (TPSA) is 175 Å². The lowest BCUT2D eigenvalue weighted by Gasteiger charge is -2.30. The molecule has 4 amide bonds. The molecule has 7 rings (SSSR count). The van der Waals surface area contributed by atoms with E-state index in [1.807, 2.05) is 43.7 Å². The van der Waals surface area contributed by atoms with Gasteiger partial charge in [0.05, 0.1) is 49.2 Å². The van der Waals surface area contributed by atoms with Gasteiger partial charge in [0, 0.05) is 13.1 Å². The third-order valence-electron chi connectivity index (χ3n) is 11.5. The summed E-state index contributed by atoms with van der Waals surface area (Å²) in [6.07, 6.45) is 4.97. The molecule has 4 aromatic rings. The summed E-state index contributed by atoms with van der Waals surface area (Å²) in [6, 6.07) is 13.3. The van der Waals surface area contributed by atoms with Crippen LogP contribution in [0.15, 0.2) is 48.7 Å². The van der Waals surface area contributed by atoms with E-state index >= 15 is 0 Å². The van der Waals surface area contributed by atoms with E-state index in [1.165, 1.54) is 25.3 Å². The van der Waals surface area contributed by atoms with Gasteiger partial charge in [0.15, 0.2) is 0 Å². The number of carbonyl (C=O) groups excluding carboxylic acids is 4. The fourth-order valence-corrected chi connectivity index (χ4v) is 8.32. The van der Waals surface area contributed by atoms with E-state index in [9.17, 15) is 19.2 Å². The van der Waals surface area contributed by atoms with Gasteiger partial charge in [-0.3, -0.25) is 9.59 Å². The Bertz CT molecular complexity index is 2040. The molecule has 3 aliphatic rings. The molecule has 2 aromatic heterocycles. The molecule has 2 saturated heterocycles. The second kappa shape index (κ2) is 15.8. The molecule has 0 radical (unpaired) electrons. The van der Waals surface area contributed by atoms with Gasteiger partial charge in [-0.25, -0.2) is 19.6 Å². The van der Waals surface area contributed by atoms with Crippen molar-refractivity contribution in [2.75, 3.05) is 27.3 Å². The zero-order chi connectivity index (χ0) is 39.0. The number of nitrogens with zero attached hydrogens (tertiary/aromatic N) is 4. The minimum absolute atomic E-state index is 0.0958. The second-order valence-electron chi connectivity index (χ2n) is 15.7. The first kappa shape index (κ1) is 37.9. The molecule has 1 aliphatic carbocycles. The smallest absolute Gasteiger partial charge is 0.407 e. The van der Waals surface area contributed by atoms with Crippen molar-refractivity contribution in [3.05, 3.63) is 71.4 Å². The number of amides is 4. The summed E-state index contributed by atoms with van der Waals surface area (Å²) in [7, 11) is 2.59. The summed E-state index contributed by atoms with van der Waals surface area (Å²) in [5.74, 6) is 1.88. The zero-order valence-electron chi connectivity index (χ0n) is 32.4. The normalized spacial score (nSPS) is 21.9. The quantitative estimate of drug-likeness (QED) is 0.138. The van der Waals surface area contributed by atoms with E-state index in [2.05, 4.69) is 63.1 Å². The van der Waals surface area contributed by atoms with Crippen molar-refractivity contribution in [1.82, 2.24) is 40.4 Å². The van der Waals surface area contributed by atoms with Gasteiger partial charge in [0.25, 0.3) is 0 Å². The molecule has 0 unspecified atom stereocenters. The SMILES string of the molecule is COC(=O)N[C@H](C(=O)N1CCC[C@H]1c1ncc(-c2ccc([C@H]3C[C@H]3c3ccc4nc([C@@H]5CCCN5C(=O)[C@@H](NC(=O)OC)C(C)C)[nH]c4c3)cc2)[nH]1)C(C)C. The number of methoxy groups -OCH3 is 2. The van der Waals surface area contributed by atoms with Gasteiger partial charge >= 0.3 is 12.2 Å². The van der Waals surface area contributed by atoms with Crippen molar-refractivity contribution in [3.63, 3.8) is 0 Å². The highest BCUT2D eigenvalue weighted by atomic mass is 16.5. The summed E-state index contributed by atoms with van der Waals surface area (Å²) >= 11 is 0. The van der Waals surface area contributed by atoms with Crippen LogP contribution >= 0.6 is 0 Å². The molecular weight excluding hydrogens is 701 g/mol. The molecule has 4 N–H and O–H groups in total. The number of benzene rings is 2. The van der Waals surface area contributed by atoms with Crippen molar-refractivity contribution in [2.24, 2.45) is 11.8 Å². The Morgan fingerprint density at radius 2 is 1.29 bits per heavy atom. The highest BCUT2D eigenvalue weighted by Gasteiger charge is 2.41. The van der Waals surface area contributed by atoms with E-state index < -0.39 is 24.3 Å². The number of ether oxygens (including phenoxy) is 2. The Morgan fingerprint density at radius 3 is 1.85 bits per heavy atom. The number of carbonyl (C=O) groups is 4. The number of fused-ring (bicyclic) bond motifs is 1. The zero-order valence-corrected chi connectivity index (χ0v) is 32.4. The molecule has 0 spiro atoms. The first-order valence-corrected chi connectivity index (χ1v) is 19.4. The van der Waals surface area contributed by atoms with E-state index in [0.717, 1.165) is 66.0 Å². The van der Waals surface area contributed by atoms with Crippen molar-refractivity contribution in [1.29, 1.82) is 0 Å². The average molecular weight is 753 g/mol. The number of rotatable bonds is 11. The Morgan fingerprint density at radius 1 is 0.745 bits per heavy atom. The van der Waals surface area contributed by atoms with Crippen molar-refractivity contribution in [3.8, 4) is 11.3 Å². The van der Waals surface area contributed by atoms with Gasteiger partial charge < -0.3 is 39.9 Å². The molecule has 14 heteroatoms. The van der Waals surface area contributed by atoms with Crippen molar-refractivity contribution in [2.45, 2.75) is 95.8 Å². The Labute approximate surface area is 321 Å². The van der Waals surface area contributed by atoms with E-state index in [4.69, 9.17) is 19.4 Å². The number of imidazole rings is 2. The molecule has 2 aromatic carbocycles. The maximum atomic E-state index is 13.6. The summed E-state index contributed by atoms with van der Waals surface area (Å²) in [5.41, 5.74) is 6.28. The fraction of sp³-hybridized carbons (Fsp3) is 0.512. The van der Waals surface area contributed by atoms with Gasteiger partial charge in [-0.05, 0) is 84.6 Å². The lowest BCUT2D eigenvalue weighted by Crippen LogP contribution is -2.51. The molecule has 2 aliphatic heterocycles. The Hall–Kier alpha value is -5.40. The number of aromatic amines is 2. The van der Waals surface area contributed by atoms with Crippen LogP contribution < -0.4 is 10.6 Å². The Kier molecular flexibility index (Phi) is 10.9. The molecule has 0 bridgehead atoms. The van der Waals surface area contributed by atoms with Crippen LogP contribution in [0.25, 0.3) is 22.3 Å². The number of nitrogens with one attached hydrogen (secondary N) is 4. The van der Waals surface area contributed by atoms with Gasteiger partial charge in [-0.2, -0.15) is 0 Å². The molecular formula is C41H52N8O6. The Balaban J connectivity index is 1.00. The minimum Gasteiger partial charge on any atom is -0.453 e. The first-order chi connectivity index (χ1) is 26.5. The predicted octanol–water partition coefficient (Wildman–Crippen LogP) is 6.31. The number of aromatic nitrogens is 4. The minimum atomic E-state index is -0.679. The van der Waals surface area contributed by atoms with Gasteiger partial charge in [0.2, 0.25) is 11.8 Å². The number of likely N-dealkylation sites (tertiary alicyclic amines) is 2. The van der Waals surface area contributed by atoms with Gasteiger partial charge in [-0.15, -0.1) is 0 Å². The highest BCUT2D eigenvalue weighted by Crippen LogP contribution is 2.55. The molecule has 55 heavy (non-hydrogen) atoms. The van der Waals surface area contributed by atoms with Crippen LogP contribution in [0, 0.1) is 11.8 Å². The van der Waals surface area contributed by atoms with E-state index in [0.29, 0.717) is 24.9 Å². The number of hydrogen-bond donors (Lipinski definition) is 4. The molecule has 4 heterocycles. The first-order valence-electron chi connectivity index (χ1n) is 19.4. The summed E-state index contributed by atoms with van der Waals surface area (Å²) in [4.78, 5) is 71.3. The average Bonchev–Trinajstić information content (AvgIpc) is 3.69. The van der Waals surface area contributed by atoms with Crippen LogP contribution in [-0.4, -0.2) is 93.1 Å². The number of hydrogen-bond acceptors (Lipinski definition) is 8. The third-order valence-corrected chi connectivity index (χ3v) is 11.5. The lowest BCUT2D eigenvalue weighted by atomic mass is 10.0. The third kappa shape index (κ3) is 7.76. The number of alkyl carbamates (subject to hydrolysis) is 2.